The van der Waals surface area contributed by atoms with E-state index in [0.717, 1.165) is 16.7 Å². The number of rotatable bonds is 1. The molecule has 0 amide bonds. The van der Waals surface area contributed by atoms with Crippen molar-refractivity contribution in [1.29, 1.82) is 0 Å². The second-order valence-electron chi connectivity index (χ2n) is 3.71. The minimum atomic E-state index is 0.666. The summed E-state index contributed by atoms with van der Waals surface area (Å²) in [4.78, 5) is 4.44. The molecular formula is C12H10N2OS. The molecule has 0 saturated carbocycles. The quantitative estimate of drug-likeness (QED) is 0.651. The number of benzene rings is 1. The molecule has 0 bridgehead atoms. The normalized spacial score (nSPS) is 11.1. The number of fused-ring (bicyclic) bond motifs is 1. The Hall–Kier alpha value is -1.81. The Bertz CT molecular complexity index is 654. The molecule has 80 valence electrons. The van der Waals surface area contributed by atoms with Crippen molar-refractivity contribution in [3.63, 3.8) is 0 Å². The van der Waals surface area contributed by atoms with Gasteiger partial charge in [-0.25, -0.2) is 4.98 Å². The highest BCUT2D eigenvalue weighted by molar-refractivity contribution is 7.08. The number of aryl methyl sites for hydroxylation is 1. The van der Waals surface area contributed by atoms with Crippen LogP contribution in [0.3, 0.4) is 0 Å². The van der Waals surface area contributed by atoms with E-state index in [0.29, 0.717) is 11.6 Å². The first-order valence-electron chi connectivity index (χ1n) is 4.93. The van der Waals surface area contributed by atoms with E-state index >= 15 is 0 Å². The largest absolute Gasteiger partial charge is 0.436 e. The van der Waals surface area contributed by atoms with Crippen molar-refractivity contribution >= 4 is 28.1 Å². The summed E-state index contributed by atoms with van der Waals surface area (Å²) < 4.78 is 5.69. The Morgan fingerprint density at radius 2 is 2.19 bits per heavy atom. The van der Waals surface area contributed by atoms with Crippen LogP contribution in [0, 0.1) is 6.92 Å². The zero-order chi connectivity index (χ0) is 11.1. The van der Waals surface area contributed by atoms with Gasteiger partial charge in [0.05, 0.1) is 5.56 Å². The Kier molecular flexibility index (Phi) is 1.97. The second kappa shape index (κ2) is 3.35. The van der Waals surface area contributed by atoms with Gasteiger partial charge in [-0.1, -0.05) is 0 Å². The van der Waals surface area contributed by atoms with Crippen LogP contribution in [0.25, 0.3) is 22.6 Å². The van der Waals surface area contributed by atoms with Crippen molar-refractivity contribution in [3.05, 3.63) is 34.5 Å². The van der Waals surface area contributed by atoms with Crippen molar-refractivity contribution in [2.75, 3.05) is 5.73 Å². The predicted molar refractivity (Wildman–Crippen MR) is 66.5 cm³/mol. The third-order valence-corrected chi connectivity index (χ3v) is 3.36. The molecule has 0 saturated heterocycles. The number of hydrogen-bond acceptors (Lipinski definition) is 4. The number of nitrogen functional groups attached to an aromatic ring is 1. The Labute approximate surface area is 96.5 Å². The smallest absolute Gasteiger partial charge is 0.228 e. The third kappa shape index (κ3) is 1.39. The van der Waals surface area contributed by atoms with Crippen LogP contribution in [-0.2, 0) is 0 Å². The lowest BCUT2D eigenvalue weighted by molar-refractivity contribution is 0.619. The summed E-state index contributed by atoms with van der Waals surface area (Å²) in [6.45, 7) is 2.05. The zero-order valence-corrected chi connectivity index (χ0v) is 9.54. The first kappa shape index (κ1) is 9.42. The molecule has 0 radical (unpaired) electrons. The van der Waals surface area contributed by atoms with Crippen LogP contribution in [0.1, 0.15) is 5.56 Å². The Balaban J connectivity index is 2.23. The first-order chi connectivity index (χ1) is 7.74. The van der Waals surface area contributed by atoms with E-state index in [1.165, 1.54) is 5.56 Å². The number of oxazole rings is 1. The highest BCUT2D eigenvalue weighted by Crippen LogP contribution is 2.29. The molecule has 0 unspecified atom stereocenters. The molecule has 4 heteroatoms. The molecule has 0 aliphatic heterocycles. The van der Waals surface area contributed by atoms with Crippen molar-refractivity contribution in [2.24, 2.45) is 0 Å². The molecular weight excluding hydrogens is 220 g/mol. The summed E-state index contributed by atoms with van der Waals surface area (Å²) in [5.74, 6) is 0.666. The van der Waals surface area contributed by atoms with E-state index in [4.69, 9.17) is 10.2 Å². The minimum absolute atomic E-state index is 0.666. The fourth-order valence-corrected chi connectivity index (χ4v) is 2.46. The molecule has 1 aromatic carbocycles. The molecule has 0 fully saturated rings. The van der Waals surface area contributed by atoms with Gasteiger partial charge in [-0.3, -0.25) is 0 Å². The van der Waals surface area contributed by atoms with Gasteiger partial charge in [0.2, 0.25) is 5.89 Å². The third-order valence-electron chi connectivity index (χ3n) is 2.50. The van der Waals surface area contributed by atoms with Crippen LogP contribution in [-0.4, -0.2) is 4.98 Å². The fraction of sp³-hybridized carbons (Fsp3) is 0.0833. The summed E-state index contributed by atoms with van der Waals surface area (Å²) in [5, 5.41) is 4.13. The van der Waals surface area contributed by atoms with Gasteiger partial charge in [0.1, 0.15) is 5.52 Å². The summed E-state index contributed by atoms with van der Waals surface area (Å²) >= 11 is 1.65. The first-order valence-corrected chi connectivity index (χ1v) is 5.87. The van der Waals surface area contributed by atoms with Crippen molar-refractivity contribution in [1.82, 2.24) is 4.98 Å². The average Bonchev–Trinajstić information content (AvgIpc) is 2.82. The molecule has 0 aliphatic rings. The van der Waals surface area contributed by atoms with E-state index in [1.807, 2.05) is 23.6 Å². The van der Waals surface area contributed by atoms with Crippen LogP contribution in [0.2, 0.25) is 0 Å². The lowest BCUT2D eigenvalue weighted by Crippen LogP contribution is -1.82. The van der Waals surface area contributed by atoms with E-state index in [2.05, 4.69) is 17.3 Å². The average molecular weight is 230 g/mol. The van der Waals surface area contributed by atoms with E-state index in [1.54, 1.807) is 11.3 Å². The van der Waals surface area contributed by atoms with Crippen LogP contribution >= 0.6 is 11.3 Å². The number of anilines is 1. The topological polar surface area (TPSA) is 52.0 Å². The van der Waals surface area contributed by atoms with Gasteiger partial charge in [-0.05, 0) is 36.1 Å². The summed E-state index contributed by atoms with van der Waals surface area (Å²) in [6.07, 6.45) is 0. The molecule has 2 heterocycles. The molecule has 0 atom stereocenters. The molecule has 2 N–H and O–H groups in total. The predicted octanol–water partition coefficient (Wildman–Crippen LogP) is 3.45. The maximum Gasteiger partial charge on any atom is 0.228 e. The number of hydrogen-bond donors (Lipinski definition) is 1. The SMILES string of the molecule is Cc1cscc1-c1nc2cc(N)ccc2o1. The molecule has 0 aliphatic carbocycles. The van der Waals surface area contributed by atoms with Crippen LogP contribution < -0.4 is 5.73 Å². The summed E-state index contributed by atoms with van der Waals surface area (Å²) in [6, 6.07) is 5.49. The van der Waals surface area contributed by atoms with Crippen molar-refractivity contribution in [3.8, 4) is 11.5 Å². The molecule has 3 nitrogen and oxygen atoms in total. The number of nitrogens with zero attached hydrogens (tertiary/aromatic N) is 1. The van der Waals surface area contributed by atoms with E-state index in [9.17, 15) is 0 Å². The van der Waals surface area contributed by atoms with Crippen LogP contribution in [0.15, 0.2) is 33.4 Å². The molecule has 16 heavy (non-hydrogen) atoms. The summed E-state index contributed by atoms with van der Waals surface area (Å²) in [5.41, 5.74) is 10.2. The highest BCUT2D eigenvalue weighted by atomic mass is 32.1. The van der Waals surface area contributed by atoms with Crippen molar-refractivity contribution < 1.29 is 4.42 Å². The van der Waals surface area contributed by atoms with Crippen molar-refractivity contribution in [2.45, 2.75) is 6.92 Å². The molecule has 2 aromatic heterocycles. The highest BCUT2D eigenvalue weighted by Gasteiger charge is 2.10. The van der Waals surface area contributed by atoms with Gasteiger partial charge in [-0.15, -0.1) is 0 Å². The zero-order valence-electron chi connectivity index (χ0n) is 8.73. The van der Waals surface area contributed by atoms with Gasteiger partial charge in [0, 0.05) is 11.1 Å². The maximum absolute atomic E-state index is 5.70. The minimum Gasteiger partial charge on any atom is -0.436 e. The lowest BCUT2D eigenvalue weighted by Gasteiger charge is -1.90. The molecule has 0 spiro atoms. The molecule has 3 rings (SSSR count). The second-order valence-corrected chi connectivity index (χ2v) is 4.46. The van der Waals surface area contributed by atoms with E-state index in [-0.39, 0.29) is 0 Å². The van der Waals surface area contributed by atoms with Gasteiger partial charge in [-0.2, -0.15) is 11.3 Å². The summed E-state index contributed by atoms with van der Waals surface area (Å²) in [7, 11) is 0. The van der Waals surface area contributed by atoms with Gasteiger partial charge in [0.25, 0.3) is 0 Å². The number of nitrogens with two attached hydrogens (primary N) is 1. The standard InChI is InChI=1S/C12H10N2OS/c1-7-5-16-6-9(7)12-14-10-4-8(13)2-3-11(10)15-12/h2-6H,13H2,1H3. The van der Waals surface area contributed by atoms with Gasteiger partial charge < -0.3 is 10.2 Å². The molecule has 3 aromatic rings. The van der Waals surface area contributed by atoms with E-state index < -0.39 is 0 Å². The van der Waals surface area contributed by atoms with Crippen LogP contribution in [0.4, 0.5) is 5.69 Å². The number of thiophene rings is 1. The lowest BCUT2D eigenvalue weighted by atomic mass is 10.2. The van der Waals surface area contributed by atoms with Crippen LogP contribution in [0.5, 0.6) is 0 Å². The monoisotopic (exact) mass is 230 g/mol. The number of aromatic nitrogens is 1. The Morgan fingerprint density at radius 3 is 2.94 bits per heavy atom. The maximum atomic E-state index is 5.70. The Morgan fingerprint density at radius 1 is 1.31 bits per heavy atom. The van der Waals surface area contributed by atoms with Gasteiger partial charge >= 0.3 is 0 Å². The van der Waals surface area contributed by atoms with Gasteiger partial charge in [0.15, 0.2) is 5.58 Å². The fourth-order valence-electron chi connectivity index (χ4n) is 1.64.